The number of aromatic nitrogens is 1. The first kappa shape index (κ1) is 21.6. The third-order valence-electron chi connectivity index (χ3n) is 5.52. The molecule has 2 aliphatic rings. The van der Waals surface area contributed by atoms with E-state index in [0.29, 0.717) is 16.8 Å². The van der Waals surface area contributed by atoms with Gasteiger partial charge in [0.1, 0.15) is 5.69 Å². The monoisotopic (exact) mass is 442 g/mol. The van der Waals surface area contributed by atoms with E-state index in [4.69, 9.17) is 9.47 Å². The second-order valence-electron chi connectivity index (χ2n) is 7.74. The van der Waals surface area contributed by atoms with Gasteiger partial charge >= 0.3 is 5.97 Å². The van der Waals surface area contributed by atoms with Gasteiger partial charge in [-0.1, -0.05) is 12.1 Å². The molecule has 7 nitrogen and oxygen atoms in total. The summed E-state index contributed by atoms with van der Waals surface area (Å²) in [6, 6.07) is 8.76. The lowest BCUT2D eigenvalue weighted by Crippen LogP contribution is -2.27. The molecule has 1 aromatic carbocycles. The summed E-state index contributed by atoms with van der Waals surface area (Å²) in [6.45, 7) is 1.90. The van der Waals surface area contributed by atoms with Crippen molar-refractivity contribution in [3.05, 3.63) is 53.3 Å². The van der Waals surface area contributed by atoms with Gasteiger partial charge in [-0.05, 0) is 43.9 Å². The highest BCUT2D eigenvalue weighted by Gasteiger charge is 2.23. The van der Waals surface area contributed by atoms with Crippen molar-refractivity contribution in [1.29, 1.82) is 0 Å². The first-order valence-corrected chi connectivity index (χ1v) is 11.6. The number of likely N-dealkylation sites (tertiary alicyclic amines) is 1. The van der Waals surface area contributed by atoms with Crippen molar-refractivity contribution in [2.75, 3.05) is 32.1 Å². The molecule has 2 saturated heterocycles. The number of benzene rings is 1. The summed E-state index contributed by atoms with van der Waals surface area (Å²) in [6.07, 6.45) is 5.81. The van der Waals surface area contributed by atoms with E-state index in [-0.39, 0.29) is 24.4 Å². The summed E-state index contributed by atoms with van der Waals surface area (Å²) in [5, 5.41) is 0. The largest absolute Gasteiger partial charge is 0.454 e. The molecule has 2 aromatic rings. The van der Waals surface area contributed by atoms with Crippen LogP contribution in [0.2, 0.25) is 0 Å². The summed E-state index contributed by atoms with van der Waals surface area (Å²) in [7, 11) is 0. The second kappa shape index (κ2) is 10.2. The molecule has 2 fully saturated rings. The Kier molecular flexibility index (Phi) is 7.09. The maximum atomic E-state index is 12.6. The van der Waals surface area contributed by atoms with Crippen molar-refractivity contribution >= 4 is 29.4 Å². The van der Waals surface area contributed by atoms with Gasteiger partial charge in [0.05, 0.1) is 11.7 Å². The van der Waals surface area contributed by atoms with E-state index in [2.05, 4.69) is 4.98 Å². The molecule has 1 amide bonds. The first-order chi connectivity index (χ1) is 15.1. The zero-order valence-electron chi connectivity index (χ0n) is 17.3. The van der Waals surface area contributed by atoms with Crippen LogP contribution >= 0.6 is 11.8 Å². The van der Waals surface area contributed by atoms with Crippen LogP contribution in [-0.4, -0.2) is 65.7 Å². The molecule has 0 saturated carbocycles. The molecule has 4 rings (SSSR count). The van der Waals surface area contributed by atoms with Crippen molar-refractivity contribution in [3.8, 4) is 0 Å². The highest BCUT2D eigenvalue weighted by molar-refractivity contribution is 7.99. The Hall–Kier alpha value is -2.58. The number of hydrogen-bond acceptors (Lipinski definition) is 6. The van der Waals surface area contributed by atoms with Crippen molar-refractivity contribution in [2.45, 2.75) is 36.7 Å². The lowest BCUT2D eigenvalue weighted by atomic mass is 10.2. The molecule has 0 aliphatic carbocycles. The van der Waals surface area contributed by atoms with E-state index in [9.17, 15) is 14.4 Å². The summed E-state index contributed by atoms with van der Waals surface area (Å²) in [4.78, 5) is 42.9. The molecule has 3 heterocycles. The highest BCUT2D eigenvalue weighted by Crippen LogP contribution is 2.27. The minimum absolute atomic E-state index is 0.106. The summed E-state index contributed by atoms with van der Waals surface area (Å²) in [5.41, 5.74) is 1.15. The van der Waals surface area contributed by atoms with E-state index in [0.717, 1.165) is 56.0 Å². The van der Waals surface area contributed by atoms with E-state index in [1.165, 1.54) is 12.3 Å². The van der Waals surface area contributed by atoms with Gasteiger partial charge in [-0.15, -0.1) is 11.8 Å². The molecule has 164 valence electrons. The number of nitrogens with zero attached hydrogens (tertiary/aromatic N) is 1. The Morgan fingerprint density at radius 3 is 2.74 bits per heavy atom. The maximum absolute atomic E-state index is 12.6. The van der Waals surface area contributed by atoms with Gasteiger partial charge in [0, 0.05) is 42.1 Å². The third kappa shape index (κ3) is 5.37. The Bertz CT molecular complexity index is 945. The highest BCUT2D eigenvalue weighted by atomic mass is 32.2. The Labute approximate surface area is 185 Å². The third-order valence-corrected chi connectivity index (χ3v) is 6.72. The molecule has 0 bridgehead atoms. The number of carbonyl (C=O) groups is 3. The number of ether oxygens (including phenoxy) is 2. The number of carbonyl (C=O) groups excluding carboxylic acids is 3. The fourth-order valence-corrected chi connectivity index (χ4v) is 4.89. The molecule has 0 spiro atoms. The van der Waals surface area contributed by atoms with Crippen LogP contribution in [0.25, 0.3) is 0 Å². The number of ketones is 1. The predicted octanol–water partition coefficient (Wildman–Crippen LogP) is 3.56. The average Bonchev–Trinajstić information content (AvgIpc) is 3.58. The minimum atomic E-state index is -0.535. The normalized spacial score (nSPS) is 18.3. The van der Waals surface area contributed by atoms with E-state index >= 15 is 0 Å². The number of thioether (sulfide) groups is 1. The van der Waals surface area contributed by atoms with Crippen LogP contribution in [0.5, 0.6) is 0 Å². The van der Waals surface area contributed by atoms with Crippen LogP contribution < -0.4 is 0 Å². The molecule has 0 radical (unpaired) electrons. The molecule has 1 unspecified atom stereocenters. The van der Waals surface area contributed by atoms with Crippen LogP contribution in [0.15, 0.2) is 41.4 Å². The van der Waals surface area contributed by atoms with Gasteiger partial charge in [0.25, 0.3) is 5.91 Å². The van der Waals surface area contributed by atoms with Crippen LogP contribution in [0.4, 0.5) is 0 Å². The number of H-pyrrole nitrogens is 1. The van der Waals surface area contributed by atoms with Crippen molar-refractivity contribution < 1.29 is 23.9 Å². The number of rotatable bonds is 8. The van der Waals surface area contributed by atoms with Crippen molar-refractivity contribution in [3.63, 3.8) is 0 Å². The fourth-order valence-electron chi connectivity index (χ4n) is 3.78. The molecular weight excluding hydrogens is 416 g/mol. The lowest BCUT2D eigenvalue weighted by Gasteiger charge is -2.13. The second-order valence-corrected chi connectivity index (χ2v) is 8.80. The van der Waals surface area contributed by atoms with E-state index in [1.807, 2.05) is 12.1 Å². The molecule has 31 heavy (non-hydrogen) atoms. The molecule has 8 heteroatoms. The van der Waals surface area contributed by atoms with Gasteiger partial charge < -0.3 is 19.4 Å². The van der Waals surface area contributed by atoms with Crippen LogP contribution in [0.3, 0.4) is 0 Å². The molecule has 2 aliphatic heterocycles. The summed E-state index contributed by atoms with van der Waals surface area (Å²) < 4.78 is 10.9. The smallest absolute Gasteiger partial charge is 0.339 e. The van der Waals surface area contributed by atoms with Crippen LogP contribution in [-0.2, 0) is 9.47 Å². The molecule has 1 atom stereocenters. The van der Waals surface area contributed by atoms with Crippen molar-refractivity contribution in [1.82, 2.24) is 9.88 Å². The van der Waals surface area contributed by atoms with Crippen LogP contribution in [0, 0.1) is 0 Å². The number of aromatic amines is 1. The quantitative estimate of drug-likeness (QED) is 0.382. The number of nitrogens with one attached hydrogen (secondary N) is 1. The summed E-state index contributed by atoms with van der Waals surface area (Å²) in [5.74, 6) is -0.214. The van der Waals surface area contributed by atoms with Gasteiger partial charge in [-0.2, -0.15) is 0 Å². The predicted molar refractivity (Wildman–Crippen MR) is 117 cm³/mol. The maximum Gasteiger partial charge on any atom is 0.339 e. The Balaban J connectivity index is 1.32. The topological polar surface area (TPSA) is 88.7 Å². The SMILES string of the molecule is O=C(COC(=O)c1ccccc1SCC1CCCO1)c1c[nH]c(C(=O)N2CCCC2)c1. The number of Topliss-reactive ketones (excluding diaryl/α,β-unsaturated/α-hetero) is 1. The lowest BCUT2D eigenvalue weighted by molar-refractivity contribution is 0.0471. The summed E-state index contributed by atoms with van der Waals surface area (Å²) >= 11 is 1.56. The van der Waals surface area contributed by atoms with Crippen LogP contribution in [0.1, 0.15) is 56.9 Å². The van der Waals surface area contributed by atoms with Gasteiger partial charge in [-0.3, -0.25) is 9.59 Å². The average molecular weight is 443 g/mol. The zero-order chi connectivity index (χ0) is 21.6. The fraction of sp³-hybridized carbons (Fsp3) is 0.435. The number of amides is 1. The van der Waals surface area contributed by atoms with Gasteiger partial charge in [0.15, 0.2) is 6.61 Å². The zero-order valence-corrected chi connectivity index (χ0v) is 18.1. The van der Waals surface area contributed by atoms with E-state index in [1.54, 1.807) is 28.8 Å². The number of esters is 1. The minimum Gasteiger partial charge on any atom is -0.454 e. The standard InChI is InChI=1S/C23H26N2O5S/c26-20(16-12-19(24-13-16)22(27)25-9-3-4-10-25)14-30-23(28)18-7-1-2-8-21(18)31-15-17-6-5-11-29-17/h1-2,7-8,12-13,17,24H,3-6,9-11,14-15H2. The Morgan fingerprint density at radius 2 is 1.97 bits per heavy atom. The van der Waals surface area contributed by atoms with Gasteiger partial charge in [0.2, 0.25) is 5.78 Å². The van der Waals surface area contributed by atoms with Gasteiger partial charge in [-0.25, -0.2) is 4.79 Å². The Morgan fingerprint density at radius 1 is 1.16 bits per heavy atom. The molecule has 1 N–H and O–H groups in total. The first-order valence-electron chi connectivity index (χ1n) is 10.6. The molecular formula is C23H26N2O5S. The van der Waals surface area contributed by atoms with E-state index < -0.39 is 5.97 Å². The molecule has 1 aromatic heterocycles. The van der Waals surface area contributed by atoms with Crippen molar-refractivity contribution in [2.24, 2.45) is 0 Å². The number of hydrogen-bond donors (Lipinski definition) is 1.